The predicted molar refractivity (Wildman–Crippen MR) is 77.3 cm³/mol. The van der Waals surface area contributed by atoms with Crippen LogP contribution in [0, 0.1) is 11.8 Å². The summed E-state index contributed by atoms with van der Waals surface area (Å²) in [6, 6.07) is 1.52. The lowest BCUT2D eigenvalue weighted by atomic mass is 10.2. The van der Waals surface area contributed by atoms with E-state index in [1.807, 2.05) is 0 Å². The number of pyridine rings is 1. The minimum atomic E-state index is -4.57. The number of rotatable bonds is 5. The third kappa shape index (κ3) is 5.06. The largest absolute Gasteiger partial charge is 0.405 e. The Balaban J connectivity index is 2.15. The van der Waals surface area contributed by atoms with E-state index in [0.717, 1.165) is 6.20 Å². The van der Waals surface area contributed by atoms with Gasteiger partial charge in [0, 0.05) is 6.20 Å². The number of nitrogens with zero attached hydrogens (tertiary/aromatic N) is 3. The maximum absolute atomic E-state index is 13.8. The van der Waals surface area contributed by atoms with Crippen LogP contribution in [0.3, 0.4) is 0 Å². The number of carbonyl (C=O) groups excluding carboxylic acids is 1. The molecule has 6 nitrogen and oxygen atoms in total. The summed E-state index contributed by atoms with van der Waals surface area (Å²) in [5.41, 5.74) is -0.0975. The van der Waals surface area contributed by atoms with Gasteiger partial charge in [-0.3, -0.25) is 4.79 Å². The van der Waals surface area contributed by atoms with Crippen molar-refractivity contribution in [1.29, 1.82) is 0 Å². The lowest BCUT2D eigenvalue weighted by Gasteiger charge is -2.16. The molecule has 0 aliphatic heterocycles. The van der Waals surface area contributed by atoms with Gasteiger partial charge in [0.1, 0.15) is 12.6 Å². The maximum Gasteiger partial charge on any atom is 0.405 e. The summed E-state index contributed by atoms with van der Waals surface area (Å²) in [5, 5.41) is 3.98. The second-order valence-electron chi connectivity index (χ2n) is 4.93. The molecule has 0 bridgehead atoms. The van der Waals surface area contributed by atoms with Crippen LogP contribution < -0.4 is 10.6 Å². The number of aromatic nitrogens is 3. The van der Waals surface area contributed by atoms with Crippen LogP contribution in [0.15, 0.2) is 24.5 Å². The molecular formula is C14H12F5N5O. The Kier molecular flexibility index (Phi) is 5.45. The summed E-state index contributed by atoms with van der Waals surface area (Å²) in [5.74, 6) is -3.50. The number of nitrogens with one attached hydrogen (secondary N) is 2. The van der Waals surface area contributed by atoms with E-state index in [1.165, 1.54) is 25.3 Å². The summed E-state index contributed by atoms with van der Waals surface area (Å²) in [7, 11) is 0. The van der Waals surface area contributed by atoms with Crippen molar-refractivity contribution in [3.05, 3.63) is 36.3 Å². The fourth-order valence-electron chi connectivity index (χ4n) is 1.76. The van der Waals surface area contributed by atoms with Crippen molar-refractivity contribution in [2.45, 2.75) is 19.1 Å². The summed E-state index contributed by atoms with van der Waals surface area (Å²) >= 11 is 0. The van der Waals surface area contributed by atoms with Crippen LogP contribution in [0.25, 0.3) is 11.4 Å². The van der Waals surface area contributed by atoms with Gasteiger partial charge in [-0.2, -0.15) is 17.6 Å². The predicted octanol–water partition coefficient (Wildman–Crippen LogP) is 2.30. The third-order valence-corrected chi connectivity index (χ3v) is 2.95. The van der Waals surface area contributed by atoms with Crippen molar-refractivity contribution in [3.8, 4) is 11.4 Å². The zero-order chi connectivity index (χ0) is 18.6. The average Bonchev–Trinajstić information content (AvgIpc) is 2.54. The molecule has 1 atom stereocenters. The lowest BCUT2D eigenvalue weighted by molar-refractivity contribution is -0.138. The first-order chi connectivity index (χ1) is 11.7. The molecule has 0 aromatic carbocycles. The van der Waals surface area contributed by atoms with Crippen LogP contribution in [-0.4, -0.2) is 39.6 Å². The van der Waals surface area contributed by atoms with E-state index in [9.17, 15) is 26.7 Å². The standard InChI is InChI=1S/C14H12F5N5O/c1-7(13(25)22-6-14(17,18)19)23-12-9(15)5-21-11(24-12)8-3-2-4-20-10(8)16/h2-5,7H,6H2,1H3,(H,22,25)(H,21,23,24)/t7-/m1/s1. The minimum Gasteiger partial charge on any atom is -0.356 e. The van der Waals surface area contributed by atoms with E-state index >= 15 is 0 Å². The highest BCUT2D eigenvalue weighted by Crippen LogP contribution is 2.20. The molecule has 0 saturated heterocycles. The fraction of sp³-hybridized carbons (Fsp3) is 0.286. The van der Waals surface area contributed by atoms with Gasteiger partial charge < -0.3 is 10.6 Å². The number of halogens is 5. The van der Waals surface area contributed by atoms with Gasteiger partial charge >= 0.3 is 6.18 Å². The Morgan fingerprint density at radius 2 is 2.00 bits per heavy atom. The van der Waals surface area contributed by atoms with E-state index in [0.29, 0.717) is 0 Å². The number of anilines is 1. The highest BCUT2D eigenvalue weighted by atomic mass is 19.4. The van der Waals surface area contributed by atoms with Gasteiger partial charge in [-0.05, 0) is 19.1 Å². The third-order valence-electron chi connectivity index (χ3n) is 2.95. The molecule has 2 aromatic rings. The van der Waals surface area contributed by atoms with E-state index in [4.69, 9.17) is 0 Å². The quantitative estimate of drug-likeness (QED) is 0.631. The Hall–Kier alpha value is -2.85. The summed E-state index contributed by atoms with van der Waals surface area (Å²) in [6.45, 7) is -0.298. The molecule has 25 heavy (non-hydrogen) atoms. The minimum absolute atomic E-state index is 0.0975. The van der Waals surface area contributed by atoms with Gasteiger partial charge in [0.2, 0.25) is 11.9 Å². The van der Waals surface area contributed by atoms with Crippen molar-refractivity contribution < 1.29 is 26.7 Å². The van der Waals surface area contributed by atoms with Gasteiger partial charge in [-0.25, -0.2) is 19.3 Å². The normalized spacial score (nSPS) is 12.6. The van der Waals surface area contributed by atoms with Crippen molar-refractivity contribution in [1.82, 2.24) is 20.3 Å². The Morgan fingerprint density at radius 3 is 2.64 bits per heavy atom. The van der Waals surface area contributed by atoms with Crippen molar-refractivity contribution in [3.63, 3.8) is 0 Å². The number of hydrogen-bond acceptors (Lipinski definition) is 5. The molecule has 0 aliphatic carbocycles. The van der Waals surface area contributed by atoms with Gasteiger partial charge in [0.15, 0.2) is 17.5 Å². The molecule has 134 valence electrons. The topological polar surface area (TPSA) is 79.8 Å². The highest BCUT2D eigenvalue weighted by Gasteiger charge is 2.29. The molecule has 2 heterocycles. The van der Waals surface area contributed by atoms with Crippen LogP contribution >= 0.6 is 0 Å². The number of amides is 1. The molecule has 2 N–H and O–H groups in total. The van der Waals surface area contributed by atoms with Gasteiger partial charge in [0.05, 0.1) is 11.8 Å². The van der Waals surface area contributed by atoms with Crippen LogP contribution in [0.5, 0.6) is 0 Å². The number of carbonyl (C=O) groups is 1. The van der Waals surface area contributed by atoms with Crippen molar-refractivity contribution >= 4 is 11.7 Å². The summed E-state index contributed by atoms with van der Waals surface area (Å²) < 4.78 is 63.7. The van der Waals surface area contributed by atoms with Crippen molar-refractivity contribution in [2.24, 2.45) is 0 Å². The van der Waals surface area contributed by atoms with Crippen LogP contribution in [-0.2, 0) is 4.79 Å². The van der Waals surface area contributed by atoms with Crippen LogP contribution in [0.2, 0.25) is 0 Å². The molecule has 0 saturated carbocycles. The summed E-state index contributed by atoms with van der Waals surface area (Å²) in [6.07, 6.45) is -2.62. The lowest BCUT2D eigenvalue weighted by Crippen LogP contribution is -2.42. The first-order valence-electron chi connectivity index (χ1n) is 6.92. The Labute approximate surface area is 138 Å². The van der Waals surface area contributed by atoms with E-state index in [2.05, 4.69) is 20.3 Å². The molecular weight excluding hydrogens is 349 g/mol. The average molecular weight is 361 g/mol. The second kappa shape index (κ2) is 7.36. The first kappa shape index (κ1) is 18.5. The first-order valence-corrected chi connectivity index (χ1v) is 6.92. The second-order valence-corrected chi connectivity index (χ2v) is 4.93. The SMILES string of the molecule is C[C@@H](Nc1nc(-c2cccnc2F)ncc1F)C(=O)NCC(F)(F)F. The number of alkyl halides is 3. The number of hydrogen-bond donors (Lipinski definition) is 2. The molecule has 1 amide bonds. The Bertz CT molecular complexity index is 768. The summed E-state index contributed by atoms with van der Waals surface area (Å²) in [4.78, 5) is 22.4. The van der Waals surface area contributed by atoms with Crippen LogP contribution in [0.1, 0.15) is 6.92 Å². The monoisotopic (exact) mass is 361 g/mol. The molecule has 0 radical (unpaired) electrons. The smallest absolute Gasteiger partial charge is 0.356 e. The zero-order valence-corrected chi connectivity index (χ0v) is 12.7. The molecule has 2 aromatic heterocycles. The maximum atomic E-state index is 13.8. The molecule has 0 spiro atoms. The van der Waals surface area contributed by atoms with E-state index in [-0.39, 0.29) is 11.4 Å². The molecule has 2 rings (SSSR count). The van der Waals surface area contributed by atoms with E-state index in [1.54, 1.807) is 5.32 Å². The zero-order valence-electron chi connectivity index (χ0n) is 12.7. The molecule has 0 fully saturated rings. The van der Waals surface area contributed by atoms with Crippen molar-refractivity contribution in [2.75, 3.05) is 11.9 Å². The van der Waals surface area contributed by atoms with Gasteiger partial charge in [-0.15, -0.1) is 0 Å². The van der Waals surface area contributed by atoms with Gasteiger partial charge in [0.25, 0.3) is 0 Å². The van der Waals surface area contributed by atoms with Crippen LogP contribution in [0.4, 0.5) is 27.8 Å². The Morgan fingerprint density at radius 1 is 1.28 bits per heavy atom. The van der Waals surface area contributed by atoms with Gasteiger partial charge in [-0.1, -0.05) is 0 Å². The fourth-order valence-corrected chi connectivity index (χ4v) is 1.76. The molecule has 0 aliphatic rings. The highest BCUT2D eigenvalue weighted by molar-refractivity contribution is 5.84. The molecule has 11 heteroatoms. The van der Waals surface area contributed by atoms with E-state index < -0.39 is 42.3 Å². The molecule has 0 unspecified atom stereocenters.